The number of methoxy groups -OCH3 is 2. The van der Waals surface area contributed by atoms with Gasteiger partial charge in [0.2, 0.25) is 15.9 Å². The smallest absolute Gasteiger partial charge is 0.223 e. The molecule has 8 heteroatoms. The lowest BCUT2D eigenvalue weighted by atomic mass is 9.96. The summed E-state index contributed by atoms with van der Waals surface area (Å²) < 4.78 is 35.8. The second kappa shape index (κ2) is 8.73. The zero-order valence-electron chi connectivity index (χ0n) is 15.8. The number of nitrogens with zero attached hydrogens (tertiary/aromatic N) is 1. The first-order valence-electron chi connectivity index (χ1n) is 8.82. The summed E-state index contributed by atoms with van der Waals surface area (Å²) in [5.74, 6) is 1.14. The van der Waals surface area contributed by atoms with Crippen LogP contribution in [0, 0.1) is 5.92 Å². The van der Waals surface area contributed by atoms with Gasteiger partial charge in [-0.05, 0) is 44.4 Å². The normalized spacial score (nSPS) is 17.5. The molecule has 1 fully saturated rings. The number of hydrogen-bond acceptors (Lipinski definition) is 5. The van der Waals surface area contributed by atoms with Gasteiger partial charge in [-0.3, -0.25) is 4.79 Å². The molecule has 0 unspecified atom stereocenters. The summed E-state index contributed by atoms with van der Waals surface area (Å²) in [5, 5.41) is 3.02. The summed E-state index contributed by atoms with van der Waals surface area (Å²) >= 11 is 0. The average molecular weight is 384 g/mol. The molecule has 0 aromatic heterocycles. The molecule has 1 aromatic rings. The van der Waals surface area contributed by atoms with Crippen LogP contribution in [0.3, 0.4) is 0 Å². The number of benzene rings is 1. The van der Waals surface area contributed by atoms with Crippen molar-refractivity contribution < 1.29 is 22.7 Å². The maximum absolute atomic E-state index is 12.6. The van der Waals surface area contributed by atoms with E-state index >= 15 is 0 Å². The number of nitrogens with one attached hydrogen (secondary N) is 1. The van der Waals surface area contributed by atoms with Gasteiger partial charge in [0.05, 0.1) is 26.0 Å². The van der Waals surface area contributed by atoms with E-state index in [0.29, 0.717) is 37.4 Å². The van der Waals surface area contributed by atoms with Gasteiger partial charge in [0.25, 0.3) is 0 Å². The van der Waals surface area contributed by atoms with Gasteiger partial charge >= 0.3 is 0 Å². The molecule has 0 saturated carbocycles. The second-order valence-electron chi connectivity index (χ2n) is 6.42. The number of hydrogen-bond donors (Lipinski definition) is 1. The fraction of sp³-hybridized carbons (Fsp3) is 0.611. The quantitative estimate of drug-likeness (QED) is 0.777. The van der Waals surface area contributed by atoms with Gasteiger partial charge in [-0.25, -0.2) is 12.7 Å². The standard InChI is InChI=1S/C18H28N2O5S/c1-5-26(22,23)20-10-8-14(9-11-20)18(21)19-13(2)15-6-7-16(24-3)17(12-15)25-4/h6-7,12-14H,5,8-11H2,1-4H3,(H,19,21)/t13-/m1/s1. The third-order valence-corrected chi connectivity index (χ3v) is 6.73. The van der Waals surface area contributed by atoms with Gasteiger partial charge in [-0.2, -0.15) is 0 Å². The van der Waals surface area contributed by atoms with Crippen LogP contribution in [0.15, 0.2) is 18.2 Å². The molecule has 146 valence electrons. The minimum Gasteiger partial charge on any atom is -0.493 e. The van der Waals surface area contributed by atoms with E-state index in [1.807, 2.05) is 25.1 Å². The van der Waals surface area contributed by atoms with Crippen molar-refractivity contribution in [3.8, 4) is 11.5 Å². The van der Waals surface area contributed by atoms with Crippen molar-refractivity contribution in [3.05, 3.63) is 23.8 Å². The predicted octanol–water partition coefficient (Wildman–Crippen LogP) is 1.94. The number of piperidine rings is 1. The zero-order chi connectivity index (χ0) is 19.3. The van der Waals surface area contributed by atoms with Crippen molar-refractivity contribution >= 4 is 15.9 Å². The molecule has 1 N–H and O–H groups in total. The number of carbonyl (C=O) groups is 1. The topological polar surface area (TPSA) is 84.9 Å². The lowest BCUT2D eigenvalue weighted by Crippen LogP contribution is -2.43. The average Bonchev–Trinajstić information content (AvgIpc) is 2.67. The Morgan fingerprint density at radius 2 is 1.85 bits per heavy atom. The molecule has 7 nitrogen and oxygen atoms in total. The van der Waals surface area contributed by atoms with E-state index in [2.05, 4.69) is 5.32 Å². The van der Waals surface area contributed by atoms with Crippen LogP contribution in [-0.4, -0.2) is 51.7 Å². The molecular formula is C18H28N2O5S. The van der Waals surface area contributed by atoms with E-state index in [-0.39, 0.29) is 23.6 Å². The first kappa shape index (κ1) is 20.5. The minimum atomic E-state index is -3.17. The predicted molar refractivity (Wildman–Crippen MR) is 99.9 cm³/mol. The van der Waals surface area contributed by atoms with Crippen molar-refractivity contribution in [2.45, 2.75) is 32.7 Å². The second-order valence-corrected chi connectivity index (χ2v) is 8.68. The van der Waals surface area contributed by atoms with Crippen molar-refractivity contribution in [1.82, 2.24) is 9.62 Å². The van der Waals surface area contributed by atoms with Gasteiger partial charge in [-0.15, -0.1) is 0 Å². The van der Waals surface area contributed by atoms with Crippen LogP contribution >= 0.6 is 0 Å². The molecule has 1 aliphatic rings. The molecular weight excluding hydrogens is 356 g/mol. The molecule has 1 heterocycles. The minimum absolute atomic E-state index is 0.0409. The first-order chi connectivity index (χ1) is 12.3. The summed E-state index contributed by atoms with van der Waals surface area (Å²) in [6.45, 7) is 4.35. The molecule has 1 aliphatic heterocycles. The molecule has 0 radical (unpaired) electrons. The monoisotopic (exact) mass is 384 g/mol. The Bertz CT molecular complexity index is 727. The van der Waals surface area contributed by atoms with Crippen LogP contribution in [0.25, 0.3) is 0 Å². The Hall–Kier alpha value is -1.80. The van der Waals surface area contributed by atoms with E-state index < -0.39 is 10.0 Å². The molecule has 1 amide bonds. The van der Waals surface area contributed by atoms with Crippen LogP contribution in [0.2, 0.25) is 0 Å². The lowest BCUT2D eigenvalue weighted by Gasteiger charge is -2.31. The highest BCUT2D eigenvalue weighted by Gasteiger charge is 2.30. The summed E-state index contributed by atoms with van der Waals surface area (Å²) in [6.07, 6.45) is 1.09. The van der Waals surface area contributed by atoms with Crippen LogP contribution in [0.4, 0.5) is 0 Å². The van der Waals surface area contributed by atoms with Crippen LogP contribution in [-0.2, 0) is 14.8 Å². The Labute approximate surface area is 155 Å². The van der Waals surface area contributed by atoms with Gasteiger partial charge in [-0.1, -0.05) is 6.07 Å². The molecule has 1 saturated heterocycles. The number of sulfonamides is 1. The highest BCUT2D eigenvalue weighted by atomic mass is 32.2. The number of rotatable bonds is 7. The van der Waals surface area contributed by atoms with E-state index in [1.54, 1.807) is 21.1 Å². The number of ether oxygens (including phenoxy) is 2. The van der Waals surface area contributed by atoms with Gasteiger partial charge in [0.1, 0.15) is 0 Å². The molecule has 0 aliphatic carbocycles. The van der Waals surface area contributed by atoms with Crippen molar-refractivity contribution in [3.63, 3.8) is 0 Å². The van der Waals surface area contributed by atoms with Crippen molar-refractivity contribution in [2.75, 3.05) is 33.1 Å². The Kier molecular flexibility index (Phi) is 6.88. The molecule has 2 rings (SSSR count). The molecule has 0 spiro atoms. The fourth-order valence-corrected chi connectivity index (χ4v) is 4.25. The summed E-state index contributed by atoms with van der Waals surface area (Å²) in [4.78, 5) is 12.6. The molecule has 26 heavy (non-hydrogen) atoms. The maximum atomic E-state index is 12.6. The first-order valence-corrected chi connectivity index (χ1v) is 10.4. The molecule has 1 atom stereocenters. The van der Waals surface area contributed by atoms with E-state index in [1.165, 1.54) is 4.31 Å². The Morgan fingerprint density at radius 3 is 2.38 bits per heavy atom. The van der Waals surface area contributed by atoms with E-state index in [9.17, 15) is 13.2 Å². The Morgan fingerprint density at radius 1 is 1.23 bits per heavy atom. The third kappa shape index (κ3) is 4.67. The largest absolute Gasteiger partial charge is 0.493 e. The van der Waals surface area contributed by atoms with Gasteiger partial charge in [0, 0.05) is 19.0 Å². The fourth-order valence-electron chi connectivity index (χ4n) is 3.12. The van der Waals surface area contributed by atoms with Crippen LogP contribution in [0.1, 0.15) is 38.3 Å². The van der Waals surface area contributed by atoms with E-state index in [4.69, 9.17) is 9.47 Å². The Balaban J connectivity index is 1.96. The summed E-state index contributed by atoms with van der Waals surface area (Å²) in [5.41, 5.74) is 0.919. The van der Waals surface area contributed by atoms with Crippen molar-refractivity contribution in [1.29, 1.82) is 0 Å². The number of amides is 1. The van der Waals surface area contributed by atoms with Crippen LogP contribution < -0.4 is 14.8 Å². The van der Waals surface area contributed by atoms with Crippen LogP contribution in [0.5, 0.6) is 11.5 Å². The SMILES string of the molecule is CCS(=O)(=O)N1CCC(C(=O)N[C@H](C)c2ccc(OC)c(OC)c2)CC1. The van der Waals surface area contributed by atoms with Gasteiger partial charge < -0.3 is 14.8 Å². The van der Waals surface area contributed by atoms with E-state index in [0.717, 1.165) is 5.56 Å². The zero-order valence-corrected chi connectivity index (χ0v) is 16.6. The van der Waals surface area contributed by atoms with Gasteiger partial charge in [0.15, 0.2) is 11.5 Å². The van der Waals surface area contributed by atoms with Crippen molar-refractivity contribution in [2.24, 2.45) is 5.92 Å². The highest BCUT2D eigenvalue weighted by molar-refractivity contribution is 7.89. The lowest BCUT2D eigenvalue weighted by molar-refractivity contribution is -0.126. The number of carbonyl (C=O) groups excluding carboxylic acids is 1. The summed E-state index contributed by atoms with van der Waals surface area (Å²) in [6, 6.07) is 5.37. The summed E-state index contributed by atoms with van der Waals surface area (Å²) in [7, 11) is -0.0252. The third-order valence-electron chi connectivity index (χ3n) is 4.85. The molecule has 1 aromatic carbocycles. The molecule has 0 bridgehead atoms. The maximum Gasteiger partial charge on any atom is 0.223 e. The highest BCUT2D eigenvalue weighted by Crippen LogP contribution is 2.30.